The summed E-state index contributed by atoms with van der Waals surface area (Å²) >= 11 is 0. The Morgan fingerprint density at radius 3 is 1.93 bits per heavy atom. The third-order valence-corrected chi connectivity index (χ3v) is 2.29. The van der Waals surface area contributed by atoms with Crippen LogP contribution in [0.1, 0.15) is 20.3 Å². The second kappa shape index (κ2) is 4.08. The molecular weight excluding hydrogens is 217 g/mol. The fourth-order valence-corrected chi connectivity index (χ4v) is 0.972. The normalized spacial score (nSPS) is 17.9. The molecule has 4 nitrogen and oxygen atoms in total. The van der Waals surface area contributed by atoms with Crippen molar-refractivity contribution in [2.75, 3.05) is 0 Å². The Bertz CT molecular complexity index is 275. The first kappa shape index (κ1) is 13.7. The molecule has 88 valence electrons. The molecule has 0 aliphatic rings. The highest BCUT2D eigenvalue weighted by molar-refractivity contribution is 5.77. The molecule has 0 fully saturated rings. The average molecular weight is 228 g/mol. The average Bonchev–Trinajstić information content (AvgIpc) is 2.01. The molecule has 0 aliphatic heterocycles. The standard InChI is InChI=1S/C8H11F3O4/c1-4(3-5(12)13)7(2,9)8(10,11)6(14)15/h4H,3H2,1-2H3,(H,12,13)(H,14,15). The monoisotopic (exact) mass is 228 g/mol. The molecule has 0 aromatic rings. The van der Waals surface area contributed by atoms with Gasteiger partial charge in [0.05, 0.1) is 6.42 Å². The van der Waals surface area contributed by atoms with Gasteiger partial charge in [0.1, 0.15) is 0 Å². The van der Waals surface area contributed by atoms with E-state index < -0.39 is 35.9 Å². The molecule has 0 aromatic heterocycles. The minimum absolute atomic E-state index is 0.384. The van der Waals surface area contributed by atoms with Gasteiger partial charge in [0.25, 0.3) is 0 Å². The number of carboxylic acids is 2. The minimum atomic E-state index is -4.61. The Balaban J connectivity index is 4.95. The van der Waals surface area contributed by atoms with Crippen molar-refractivity contribution >= 4 is 11.9 Å². The maximum Gasteiger partial charge on any atom is 0.378 e. The van der Waals surface area contributed by atoms with Crippen LogP contribution in [0.5, 0.6) is 0 Å². The van der Waals surface area contributed by atoms with Gasteiger partial charge in [-0.2, -0.15) is 8.78 Å². The summed E-state index contributed by atoms with van der Waals surface area (Å²) in [5.41, 5.74) is -3.41. The molecule has 0 heterocycles. The number of hydrogen-bond acceptors (Lipinski definition) is 2. The van der Waals surface area contributed by atoms with Crippen LogP contribution in [-0.4, -0.2) is 33.7 Å². The van der Waals surface area contributed by atoms with Gasteiger partial charge in [-0.15, -0.1) is 0 Å². The Morgan fingerprint density at radius 1 is 1.27 bits per heavy atom. The van der Waals surface area contributed by atoms with Crippen molar-refractivity contribution in [1.29, 1.82) is 0 Å². The van der Waals surface area contributed by atoms with Gasteiger partial charge < -0.3 is 10.2 Å². The van der Waals surface area contributed by atoms with Gasteiger partial charge in [-0.1, -0.05) is 6.92 Å². The van der Waals surface area contributed by atoms with Crippen LogP contribution in [0.2, 0.25) is 0 Å². The molecule has 15 heavy (non-hydrogen) atoms. The quantitative estimate of drug-likeness (QED) is 0.748. The predicted octanol–water partition coefficient (Wildman–Crippen LogP) is 1.55. The first-order chi connectivity index (χ1) is 6.53. The topological polar surface area (TPSA) is 74.6 Å². The smallest absolute Gasteiger partial charge is 0.378 e. The molecule has 0 saturated heterocycles. The van der Waals surface area contributed by atoms with Crippen LogP contribution in [0.4, 0.5) is 13.2 Å². The number of aliphatic carboxylic acids is 2. The molecule has 0 bridgehead atoms. The van der Waals surface area contributed by atoms with Crippen LogP contribution in [0, 0.1) is 5.92 Å². The second-order valence-electron chi connectivity index (χ2n) is 3.45. The maximum absolute atomic E-state index is 13.5. The first-order valence-corrected chi connectivity index (χ1v) is 4.05. The van der Waals surface area contributed by atoms with Crippen molar-refractivity contribution < 1.29 is 33.0 Å². The third-order valence-electron chi connectivity index (χ3n) is 2.29. The van der Waals surface area contributed by atoms with Crippen LogP contribution in [0.25, 0.3) is 0 Å². The molecule has 0 spiro atoms. The summed E-state index contributed by atoms with van der Waals surface area (Å²) in [6, 6.07) is 0. The molecular formula is C8H11F3O4. The van der Waals surface area contributed by atoms with Gasteiger partial charge in [-0.05, 0) is 6.92 Å². The number of carboxylic acid groups (broad SMARTS) is 2. The van der Waals surface area contributed by atoms with Crippen molar-refractivity contribution in [3.63, 3.8) is 0 Å². The van der Waals surface area contributed by atoms with Crippen molar-refractivity contribution in [1.82, 2.24) is 0 Å². The van der Waals surface area contributed by atoms with E-state index >= 15 is 0 Å². The van der Waals surface area contributed by atoms with Crippen LogP contribution < -0.4 is 0 Å². The van der Waals surface area contributed by atoms with E-state index in [0.29, 0.717) is 6.92 Å². The predicted molar refractivity (Wildman–Crippen MR) is 43.5 cm³/mol. The van der Waals surface area contributed by atoms with E-state index in [0.717, 1.165) is 6.92 Å². The number of hydrogen-bond donors (Lipinski definition) is 2. The van der Waals surface area contributed by atoms with E-state index in [-0.39, 0.29) is 0 Å². The van der Waals surface area contributed by atoms with Crippen LogP contribution in [0.3, 0.4) is 0 Å². The summed E-state index contributed by atoms with van der Waals surface area (Å²) in [6.45, 7) is 1.31. The summed E-state index contributed by atoms with van der Waals surface area (Å²) in [5, 5.41) is 16.4. The van der Waals surface area contributed by atoms with E-state index in [2.05, 4.69) is 0 Å². The van der Waals surface area contributed by atoms with Gasteiger partial charge in [-0.3, -0.25) is 4.79 Å². The van der Waals surface area contributed by atoms with Crippen LogP contribution in [0.15, 0.2) is 0 Å². The Kier molecular flexibility index (Phi) is 3.73. The third kappa shape index (κ3) is 2.60. The molecule has 0 rings (SSSR count). The summed E-state index contributed by atoms with van der Waals surface area (Å²) in [5.74, 6) is -10.3. The SMILES string of the molecule is CC(CC(=O)O)C(C)(F)C(F)(F)C(=O)O. The lowest BCUT2D eigenvalue weighted by molar-refractivity contribution is -0.198. The van der Waals surface area contributed by atoms with E-state index in [1.54, 1.807) is 0 Å². The van der Waals surface area contributed by atoms with Crippen LogP contribution in [-0.2, 0) is 9.59 Å². The lowest BCUT2D eigenvalue weighted by Gasteiger charge is -2.31. The number of carbonyl (C=O) groups is 2. The highest BCUT2D eigenvalue weighted by Gasteiger charge is 2.60. The van der Waals surface area contributed by atoms with E-state index in [1.807, 2.05) is 0 Å². The summed E-state index contributed by atoms with van der Waals surface area (Å²) in [7, 11) is 0. The van der Waals surface area contributed by atoms with Crippen molar-refractivity contribution in [3.8, 4) is 0 Å². The highest BCUT2D eigenvalue weighted by Crippen LogP contribution is 2.39. The summed E-state index contributed by atoms with van der Waals surface area (Å²) in [4.78, 5) is 20.3. The van der Waals surface area contributed by atoms with E-state index in [9.17, 15) is 22.8 Å². The van der Waals surface area contributed by atoms with E-state index in [4.69, 9.17) is 10.2 Å². The summed E-state index contributed by atoms with van der Waals surface area (Å²) in [6.07, 6.45) is -0.865. The van der Waals surface area contributed by atoms with Gasteiger partial charge in [0.15, 0.2) is 5.67 Å². The van der Waals surface area contributed by atoms with Gasteiger partial charge in [0.2, 0.25) is 0 Å². The molecule has 0 aromatic carbocycles. The Labute approximate surface area is 83.7 Å². The second-order valence-corrected chi connectivity index (χ2v) is 3.45. The zero-order valence-corrected chi connectivity index (χ0v) is 8.13. The molecule has 0 aliphatic carbocycles. The van der Waals surface area contributed by atoms with E-state index in [1.165, 1.54) is 0 Å². The molecule has 7 heteroatoms. The lowest BCUT2D eigenvalue weighted by Crippen LogP contribution is -2.52. The molecule has 2 unspecified atom stereocenters. The van der Waals surface area contributed by atoms with Crippen molar-refractivity contribution in [2.24, 2.45) is 5.92 Å². The fraction of sp³-hybridized carbons (Fsp3) is 0.750. The summed E-state index contributed by atoms with van der Waals surface area (Å²) < 4.78 is 39.2. The fourth-order valence-electron chi connectivity index (χ4n) is 0.972. The van der Waals surface area contributed by atoms with Gasteiger partial charge in [-0.25, -0.2) is 9.18 Å². The number of halogens is 3. The molecule has 0 saturated carbocycles. The Hall–Kier alpha value is -1.27. The maximum atomic E-state index is 13.5. The number of rotatable bonds is 5. The van der Waals surface area contributed by atoms with Crippen molar-refractivity contribution in [3.05, 3.63) is 0 Å². The van der Waals surface area contributed by atoms with Gasteiger partial charge >= 0.3 is 17.9 Å². The zero-order chi connectivity index (χ0) is 12.4. The van der Waals surface area contributed by atoms with Gasteiger partial charge in [0, 0.05) is 5.92 Å². The zero-order valence-electron chi connectivity index (χ0n) is 8.13. The Morgan fingerprint density at radius 2 is 1.67 bits per heavy atom. The molecule has 2 atom stereocenters. The number of alkyl halides is 3. The van der Waals surface area contributed by atoms with Crippen LogP contribution >= 0.6 is 0 Å². The largest absolute Gasteiger partial charge is 0.481 e. The highest BCUT2D eigenvalue weighted by atomic mass is 19.3. The molecule has 0 amide bonds. The molecule has 0 radical (unpaired) electrons. The first-order valence-electron chi connectivity index (χ1n) is 4.05. The molecule has 2 N–H and O–H groups in total. The van der Waals surface area contributed by atoms with Crippen molar-refractivity contribution in [2.45, 2.75) is 31.9 Å². The lowest BCUT2D eigenvalue weighted by atomic mass is 9.84. The minimum Gasteiger partial charge on any atom is -0.481 e.